The standard InChI is InChI=1S/C10H13FO2S/c1-2-3-5-9-6-4-7-10(8-9)14(11,12)13/h4,6-8H,2-3,5H2,1H3. The summed E-state index contributed by atoms with van der Waals surface area (Å²) >= 11 is 0. The van der Waals surface area contributed by atoms with E-state index in [0.717, 1.165) is 24.8 Å². The summed E-state index contributed by atoms with van der Waals surface area (Å²) in [5.41, 5.74) is 0.866. The summed E-state index contributed by atoms with van der Waals surface area (Å²) in [5, 5.41) is 0. The number of hydrogen-bond donors (Lipinski definition) is 0. The van der Waals surface area contributed by atoms with E-state index < -0.39 is 10.2 Å². The molecule has 0 saturated carbocycles. The van der Waals surface area contributed by atoms with Gasteiger partial charge in [0.2, 0.25) is 0 Å². The van der Waals surface area contributed by atoms with Crippen LogP contribution in [0, 0.1) is 0 Å². The van der Waals surface area contributed by atoms with E-state index in [0.29, 0.717) is 0 Å². The minimum Gasteiger partial charge on any atom is -0.189 e. The van der Waals surface area contributed by atoms with Gasteiger partial charge in [0.15, 0.2) is 0 Å². The predicted octanol–water partition coefficient (Wildman–Crippen LogP) is 2.69. The highest BCUT2D eigenvalue weighted by Gasteiger charge is 2.11. The lowest BCUT2D eigenvalue weighted by Gasteiger charge is -2.00. The first-order chi connectivity index (χ1) is 6.54. The molecule has 0 spiro atoms. The van der Waals surface area contributed by atoms with Gasteiger partial charge in [0.05, 0.1) is 4.90 Å². The molecule has 1 rings (SSSR count). The molecule has 0 aliphatic rings. The van der Waals surface area contributed by atoms with E-state index in [1.807, 2.05) is 6.07 Å². The van der Waals surface area contributed by atoms with Crippen molar-refractivity contribution in [3.8, 4) is 0 Å². The van der Waals surface area contributed by atoms with Crippen LogP contribution in [0.3, 0.4) is 0 Å². The van der Waals surface area contributed by atoms with E-state index >= 15 is 0 Å². The molecule has 0 aromatic heterocycles. The van der Waals surface area contributed by atoms with Gasteiger partial charge < -0.3 is 0 Å². The highest BCUT2D eigenvalue weighted by molar-refractivity contribution is 7.86. The molecule has 0 N–H and O–H groups in total. The van der Waals surface area contributed by atoms with Crippen molar-refractivity contribution in [3.63, 3.8) is 0 Å². The van der Waals surface area contributed by atoms with Crippen molar-refractivity contribution in [2.24, 2.45) is 0 Å². The van der Waals surface area contributed by atoms with E-state index in [4.69, 9.17) is 0 Å². The topological polar surface area (TPSA) is 34.1 Å². The van der Waals surface area contributed by atoms with Gasteiger partial charge in [0, 0.05) is 0 Å². The molecule has 0 atom stereocenters. The smallest absolute Gasteiger partial charge is 0.189 e. The Bertz CT molecular complexity index is 398. The Hall–Kier alpha value is -0.900. The average molecular weight is 216 g/mol. The molecule has 4 heteroatoms. The van der Waals surface area contributed by atoms with E-state index in [1.54, 1.807) is 6.07 Å². The van der Waals surface area contributed by atoms with E-state index in [9.17, 15) is 12.3 Å². The van der Waals surface area contributed by atoms with Crippen LogP contribution in [0.1, 0.15) is 25.3 Å². The highest BCUT2D eigenvalue weighted by atomic mass is 32.3. The number of unbranched alkanes of at least 4 members (excludes halogenated alkanes) is 1. The Labute approximate surface area is 84.0 Å². The first-order valence-electron chi connectivity index (χ1n) is 4.57. The zero-order chi connectivity index (χ0) is 10.6. The maximum atomic E-state index is 12.6. The van der Waals surface area contributed by atoms with Gasteiger partial charge in [-0.25, -0.2) is 0 Å². The van der Waals surface area contributed by atoms with Gasteiger partial charge in [-0.15, -0.1) is 3.89 Å². The third-order valence-electron chi connectivity index (χ3n) is 2.00. The largest absolute Gasteiger partial charge is 0.332 e. The third kappa shape index (κ3) is 3.10. The van der Waals surface area contributed by atoms with Gasteiger partial charge in [-0.3, -0.25) is 0 Å². The van der Waals surface area contributed by atoms with Gasteiger partial charge in [-0.05, 0) is 30.5 Å². The fraction of sp³-hybridized carbons (Fsp3) is 0.400. The van der Waals surface area contributed by atoms with Gasteiger partial charge >= 0.3 is 10.2 Å². The Morgan fingerprint density at radius 1 is 1.36 bits per heavy atom. The van der Waals surface area contributed by atoms with Crippen LogP contribution in [0.4, 0.5) is 3.89 Å². The molecule has 1 aromatic rings. The summed E-state index contributed by atoms with van der Waals surface area (Å²) < 4.78 is 33.8. The summed E-state index contributed by atoms with van der Waals surface area (Å²) in [6.45, 7) is 2.05. The zero-order valence-electron chi connectivity index (χ0n) is 8.03. The molecular formula is C10H13FO2S. The van der Waals surface area contributed by atoms with Crippen molar-refractivity contribution >= 4 is 10.2 Å². The average Bonchev–Trinajstić information content (AvgIpc) is 2.14. The molecule has 0 bridgehead atoms. The number of aryl methyl sites for hydroxylation is 1. The third-order valence-corrected chi connectivity index (χ3v) is 2.82. The first kappa shape index (κ1) is 11.2. The van der Waals surface area contributed by atoms with Crippen molar-refractivity contribution in [2.75, 3.05) is 0 Å². The monoisotopic (exact) mass is 216 g/mol. The van der Waals surface area contributed by atoms with E-state index in [-0.39, 0.29) is 4.90 Å². The normalized spacial score (nSPS) is 11.6. The molecule has 1 aromatic carbocycles. The summed E-state index contributed by atoms with van der Waals surface area (Å²) in [6.07, 6.45) is 2.81. The fourth-order valence-electron chi connectivity index (χ4n) is 1.23. The predicted molar refractivity (Wildman–Crippen MR) is 53.3 cm³/mol. The lowest BCUT2D eigenvalue weighted by Crippen LogP contribution is -1.93. The van der Waals surface area contributed by atoms with Crippen molar-refractivity contribution in [3.05, 3.63) is 29.8 Å². The van der Waals surface area contributed by atoms with E-state index in [1.165, 1.54) is 12.1 Å². The van der Waals surface area contributed by atoms with Crippen molar-refractivity contribution in [1.29, 1.82) is 0 Å². The second-order valence-electron chi connectivity index (χ2n) is 3.19. The second kappa shape index (κ2) is 4.55. The molecule has 0 saturated heterocycles. The Morgan fingerprint density at radius 2 is 2.07 bits per heavy atom. The van der Waals surface area contributed by atoms with Crippen LogP contribution in [-0.4, -0.2) is 8.42 Å². The van der Waals surface area contributed by atoms with Crippen molar-refractivity contribution in [2.45, 2.75) is 31.1 Å². The van der Waals surface area contributed by atoms with Gasteiger partial charge in [0.1, 0.15) is 0 Å². The molecule has 0 heterocycles. The molecular weight excluding hydrogens is 203 g/mol. The van der Waals surface area contributed by atoms with Crippen LogP contribution in [0.25, 0.3) is 0 Å². The number of rotatable bonds is 4. The summed E-state index contributed by atoms with van der Waals surface area (Å²) in [4.78, 5) is -0.244. The zero-order valence-corrected chi connectivity index (χ0v) is 8.85. The molecule has 0 radical (unpaired) electrons. The lowest BCUT2D eigenvalue weighted by molar-refractivity contribution is 0.552. The van der Waals surface area contributed by atoms with Crippen molar-refractivity contribution in [1.82, 2.24) is 0 Å². The maximum absolute atomic E-state index is 12.6. The Morgan fingerprint density at radius 3 is 2.64 bits per heavy atom. The second-order valence-corrected chi connectivity index (χ2v) is 4.54. The van der Waals surface area contributed by atoms with Crippen LogP contribution >= 0.6 is 0 Å². The SMILES string of the molecule is CCCCc1cccc(S(=O)(=O)F)c1. The summed E-state index contributed by atoms with van der Waals surface area (Å²) in [7, 11) is -4.55. The maximum Gasteiger partial charge on any atom is 0.332 e. The van der Waals surface area contributed by atoms with Gasteiger partial charge in [0.25, 0.3) is 0 Å². The minimum atomic E-state index is -4.55. The molecule has 0 aliphatic heterocycles. The Kier molecular flexibility index (Phi) is 3.63. The van der Waals surface area contributed by atoms with Crippen LogP contribution in [-0.2, 0) is 16.6 Å². The summed E-state index contributed by atoms with van der Waals surface area (Å²) in [6, 6.07) is 6.04. The van der Waals surface area contributed by atoms with Crippen LogP contribution in [0.5, 0.6) is 0 Å². The lowest BCUT2D eigenvalue weighted by atomic mass is 10.1. The molecule has 14 heavy (non-hydrogen) atoms. The van der Waals surface area contributed by atoms with Crippen molar-refractivity contribution < 1.29 is 12.3 Å². The molecule has 78 valence electrons. The first-order valence-corrected chi connectivity index (χ1v) is 5.96. The van der Waals surface area contributed by atoms with E-state index in [2.05, 4.69) is 6.92 Å². The van der Waals surface area contributed by atoms with Crippen LogP contribution < -0.4 is 0 Å². The molecule has 0 fully saturated rings. The number of benzene rings is 1. The van der Waals surface area contributed by atoms with Gasteiger partial charge in [-0.2, -0.15) is 8.42 Å². The molecule has 0 unspecified atom stereocenters. The van der Waals surface area contributed by atoms with Crippen LogP contribution in [0.15, 0.2) is 29.2 Å². The molecule has 0 amide bonds. The fourth-order valence-corrected chi connectivity index (χ4v) is 1.77. The van der Waals surface area contributed by atoms with Crippen LogP contribution in [0.2, 0.25) is 0 Å². The Balaban J connectivity index is 2.90. The number of hydrogen-bond acceptors (Lipinski definition) is 2. The quantitative estimate of drug-likeness (QED) is 0.725. The van der Waals surface area contributed by atoms with Gasteiger partial charge in [-0.1, -0.05) is 25.5 Å². The highest BCUT2D eigenvalue weighted by Crippen LogP contribution is 2.15. The molecule has 2 nitrogen and oxygen atoms in total. The molecule has 0 aliphatic carbocycles. The number of halogens is 1. The minimum absolute atomic E-state index is 0.244. The summed E-state index contributed by atoms with van der Waals surface area (Å²) in [5.74, 6) is 0.